The van der Waals surface area contributed by atoms with Crippen LogP contribution in [0.25, 0.3) is 0 Å². The molecule has 0 rings (SSSR count). The van der Waals surface area contributed by atoms with Gasteiger partial charge in [-0.15, -0.1) is 0 Å². The molecule has 0 aliphatic carbocycles. The smallest absolute Gasteiger partial charge is 0.333 e. The van der Waals surface area contributed by atoms with E-state index in [0.717, 1.165) is 6.92 Å². The second kappa shape index (κ2) is 6.97. The van der Waals surface area contributed by atoms with Gasteiger partial charge < -0.3 is 21.1 Å². The molecule has 0 spiro atoms. The maximum Gasteiger partial charge on any atom is 0.333 e. The lowest BCUT2D eigenvalue weighted by atomic mass is 10.4. The number of carboxylic acids is 2. The Morgan fingerprint density at radius 2 is 1.73 bits per heavy atom. The fraction of sp³-hybridized carbons (Fsp3) is 0.600. The van der Waals surface area contributed by atoms with E-state index in [1.165, 1.54) is 0 Å². The summed E-state index contributed by atoms with van der Waals surface area (Å²) in [4.78, 5) is 18.6. The van der Waals surface area contributed by atoms with Crippen LogP contribution in [0.4, 0.5) is 0 Å². The molecule has 0 radical (unpaired) electrons. The Balaban J connectivity index is 0. The predicted molar refractivity (Wildman–Crippen MR) is 36.0 cm³/mol. The first-order valence-corrected chi connectivity index (χ1v) is 2.72. The molecule has 0 fully saturated rings. The first kappa shape index (κ1) is 12.5. The van der Waals surface area contributed by atoms with Crippen molar-refractivity contribution in [2.75, 3.05) is 6.54 Å². The zero-order chi connectivity index (χ0) is 9.44. The summed E-state index contributed by atoms with van der Waals surface area (Å²) >= 11 is 0. The molecular weight excluding hydrogens is 154 g/mol. The normalized spacial score (nSPS) is 10.8. The minimum absolute atomic E-state index is 0.227. The summed E-state index contributed by atoms with van der Waals surface area (Å²) in [6.07, 6.45) is -1.40. The zero-order valence-electron chi connectivity index (χ0n) is 6.02. The molecule has 0 bridgehead atoms. The fourth-order valence-corrected chi connectivity index (χ4v) is 0.101. The van der Waals surface area contributed by atoms with Gasteiger partial charge in [0.05, 0.1) is 0 Å². The van der Waals surface area contributed by atoms with Crippen LogP contribution in [0.2, 0.25) is 0 Å². The van der Waals surface area contributed by atoms with Gasteiger partial charge in [0.2, 0.25) is 0 Å². The number of carbonyl (C=O) groups is 2. The Bertz CT molecular complexity index is 131. The summed E-state index contributed by atoms with van der Waals surface area (Å²) in [5.41, 5.74) is 4.74. The molecule has 5 N–H and O–H groups in total. The number of aliphatic hydroxyl groups is 1. The molecule has 6 nitrogen and oxygen atoms in total. The number of rotatable bonds is 2. The van der Waals surface area contributed by atoms with E-state index in [1.54, 1.807) is 0 Å². The minimum atomic E-state index is -1.40. The van der Waals surface area contributed by atoms with Crippen molar-refractivity contribution in [1.82, 2.24) is 0 Å². The fourth-order valence-electron chi connectivity index (χ4n) is 0.101. The number of hydrogen-bond donors (Lipinski definition) is 4. The number of hydrogen-bond acceptors (Lipinski definition) is 4. The summed E-state index contributed by atoms with van der Waals surface area (Å²) in [6.45, 7) is 0.856. The molecule has 0 aromatic heterocycles. The van der Waals surface area contributed by atoms with E-state index in [2.05, 4.69) is 0 Å². The summed E-state index contributed by atoms with van der Waals surface area (Å²) in [5.74, 6) is -2.11. The highest BCUT2D eigenvalue weighted by molar-refractivity contribution is 5.72. The highest BCUT2D eigenvalue weighted by Gasteiger charge is 2.07. The van der Waals surface area contributed by atoms with E-state index < -0.39 is 18.0 Å². The van der Waals surface area contributed by atoms with Crippen LogP contribution in [0.5, 0.6) is 0 Å². The highest BCUT2D eigenvalue weighted by atomic mass is 16.4. The van der Waals surface area contributed by atoms with Crippen LogP contribution in [-0.4, -0.2) is 39.9 Å². The van der Waals surface area contributed by atoms with Gasteiger partial charge in [-0.05, 0) is 0 Å². The number of nitrogens with two attached hydrogens (primary N) is 1. The topological polar surface area (TPSA) is 121 Å². The largest absolute Gasteiger partial charge is 0.481 e. The van der Waals surface area contributed by atoms with Crippen molar-refractivity contribution < 1.29 is 24.9 Å². The molecule has 66 valence electrons. The molecule has 6 heteroatoms. The molecule has 1 unspecified atom stereocenters. The van der Waals surface area contributed by atoms with Crippen molar-refractivity contribution in [3.05, 3.63) is 0 Å². The summed E-state index contributed by atoms with van der Waals surface area (Å²) < 4.78 is 0. The average Bonchev–Trinajstić information content (AvgIpc) is 1.85. The van der Waals surface area contributed by atoms with Gasteiger partial charge in [0.1, 0.15) is 0 Å². The molecule has 0 amide bonds. The minimum Gasteiger partial charge on any atom is -0.481 e. The third kappa shape index (κ3) is 17.7. The van der Waals surface area contributed by atoms with Crippen LogP contribution in [0.15, 0.2) is 0 Å². The van der Waals surface area contributed by atoms with E-state index in [-0.39, 0.29) is 6.54 Å². The maximum atomic E-state index is 9.60. The van der Waals surface area contributed by atoms with E-state index in [9.17, 15) is 4.79 Å². The van der Waals surface area contributed by atoms with Crippen molar-refractivity contribution in [2.24, 2.45) is 5.73 Å². The number of aliphatic carboxylic acids is 2. The Kier molecular flexibility index (Phi) is 7.94. The lowest BCUT2D eigenvalue weighted by molar-refractivity contribution is -0.146. The second-order valence-corrected chi connectivity index (χ2v) is 1.61. The average molecular weight is 165 g/mol. The zero-order valence-corrected chi connectivity index (χ0v) is 6.02. The van der Waals surface area contributed by atoms with Crippen molar-refractivity contribution in [2.45, 2.75) is 13.0 Å². The van der Waals surface area contributed by atoms with Crippen molar-refractivity contribution in [1.29, 1.82) is 0 Å². The molecule has 0 aromatic rings. The lowest BCUT2D eigenvalue weighted by Crippen LogP contribution is -2.28. The van der Waals surface area contributed by atoms with Gasteiger partial charge >= 0.3 is 5.97 Å². The Morgan fingerprint density at radius 1 is 1.45 bits per heavy atom. The highest BCUT2D eigenvalue weighted by Crippen LogP contribution is 1.73. The van der Waals surface area contributed by atoms with Crippen molar-refractivity contribution in [3.8, 4) is 0 Å². The van der Waals surface area contributed by atoms with Crippen molar-refractivity contribution in [3.63, 3.8) is 0 Å². The monoisotopic (exact) mass is 165 g/mol. The van der Waals surface area contributed by atoms with Crippen LogP contribution in [0.3, 0.4) is 0 Å². The molecule has 0 aliphatic rings. The Labute approximate surface area is 63.3 Å². The molecule has 0 saturated carbocycles. The third-order valence-electron chi connectivity index (χ3n) is 0.508. The van der Waals surface area contributed by atoms with Crippen LogP contribution >= 0.6 is 0 Å². The van der Waals surface area contributed by atoms with Gasteiger partial charge in [0, 0.05) is 13.5 Å². The summed E-state index contributed by atoms with van der Waals surface area (Å²) in [6, 6.07) is 0. The van der Waals surface area contributed by atoms with E-state index in [1.807, 2.05) is 0 Å². The van der Waals surface area contributed by atoms with Crippen LogP contribution < -0.4 is 5.73 Å². The van der Waals surface area contributed by atoms with Gasteiger partial charge in [-0.2, -0.15) is 0 Å². The second-order valence-electron chi connectivity index (χ2n) is 1.61. The summed E-state index contributed by atoms with van der Waals surface area (Å²) in [7, 11) is 0. The first-order valence-electron chi connectivity index (χ1n) is 2.72. The molecular formula is C5H11NO5. The van der Waals surface area contributed by atoms with Crippen LogP contribution in [0, 0.1) is 0 Å². The maximum absolute atomic E-state index is 9.60. The number of carboxylic acid groups (broad SMARTS) is 2. The van der Waals surface area contributed by atoms with E-state index >= 15 is 0 Å². The van der Waals surface area contributed by atoms with Gasteiger partial charge in [-0.25, -0.2) is 4.79 Å². The van der Waals surface area contributed by atoms with Crippen molar-refractivity contribution >= 4 is 11.9 Å². The number of aliphatic hydroxyl groups excluding tert-OH is 1. The van der Waals surface area contributed by atoms with Crippen LogP contribution in [0.1, 0.15) is 6.92 Å². The molecule has 0 saturated heterocycles. The quantitative estimate of drug-likeness (QED) is 0.394. The third-order valence-corrected chi connectivity index (χ3v) is 0.508. The lowest BCUT2D eigenvalue weighted by Gasteiger charge is -1.96. The molecule has 0 aliphatic heterocycles. The molecule has 0 heterocycles. The SMILES string of the molecule is CC(=O)O.NCC(O)C(=O)O. The molecule has 11 heavy (non-hydrogen) atoms. The Hall–Kier alpha value is -1.14. The summed E-state index contributed by atoms with van der Waals surface area (Å²) in [5, 5.41) is 23.5. The van der Waals surface area contributed by atoms with Crippen LogP contribution in [-0.2, 0) is 9.59 Å². The first-order chi connectivity index (χ1) is 4.91. The standard InChI is InChI=1S/C3H7NO3.C2H4O2/c4-1-2(5)3(6)7;1-2(3)4/h2,5H,1,4H2,(H,6,7);1H3,(H,3,4). The van der Waals surface area contributed by atoms with Gasteiger partial charge in [-0.3, -0.25) is 4.79 Å². The van der Waals surface area contributed by atoms with Gasteiger partial charge in [-0.1, -0.05) is 0 Å². The van der Waals surface area contributed by atoms with Gasteiger partial charge in [0.25, 0.3) is 5.97 Å². The predicted octanol–water partition coefficient (Wildman–Crippen LogP) is -1.52. The molecule has 0 aromatic carbocycles. The van der Waals surface area contributed by atoms with E-state index in [0.29, 0.717) is 0 Å². The van der Waals surface area contributed by atoms with E-state index in [4.69, 9.17) is 25.8 Å². The Morgan fingerprint density at radius 3 is 1.73 bits per heavy atom. The molecule has 1 atom stereocenters. The van der Waals surface area contributed by atoms with Gasteiger partial charge in [0.15, 0.2) is 6.10 Å².